The maximum absolute atomic E-state index is 10.9. The molecular weight excluding hydrogens is 314 g/mol. The number of nitro benzene ring substituents is 2. The molecule has 0 spiro atoms. The van der Waals surface area contributed by atoms with Crippen LogP contribution in [0.2, 0.25) is 0 Å². The molecule has 0 aliphatic heterocycles. The van der Waals surface area contributed by atoms with Crippen molar-refractivity contribution in [1.29, 1.82) is 0 Å². The second-order valence-corrected chi connectivity index (χ2v) is 6.23. The first-order valence-corrected chi connectivity index (χ1v) is 7.44. The average Bonchev–Trinajstić information content (AvgIpc) is 2.33. The molecule has 0 saturated heterocycles. The van der Waals surface area contributed by atoms with E-state index in [2.05, 4.69) is 10.5 Å². The van der Waals surface area contributed by atoms with Crippen LogP contribution in [0.1, 0.15) is 0 Å². The van der Waals surface area contributed by atoms with Crippen molar-refractivity contribution in [3.8, 4) is 0 Å². The summed E-state index contributed by atoms with van der Waals surface area (Å²) in [5, 5.41) is 24.8. The monoisotopic (exact) mass is 324 g/mol. The molecule has 1 atom stereocenters. The third kappa shape index (κ3) is 6.78. The minimum absolute atomic E-state index is 0. The van der Waals surface area contributed by atoms with Crippen LogP contribution in [0, 0.1) is 20.2 Å². The normalized spacial score (nSPS) is 13.2. The van der Waals surface area contributed by atoms with Crippen molar-refractivity contribution in [2.75, 3.05) is 18.3 Å². The summed E-state index contributed by atoms with van der Waals surface area (Å²) in [5.41, 5.74) is 1.25. The third-order valence-electron chi connectivity index (χ3n) is 2.08. The van der Waals surface area contributed by atoms with Crippen LogP contribution in [0.25, 0.3) is 0 Å². The van der Waals surface area contributed by atoms with Crippen LogP contribution in [0.15, 0.2) is 23.3 Å². The van der Waals surface area contributed by atoms with Crippen LogP contribution < -0.4 is 39.9 Å². The van der Waals surface area contributed by atoms with Crippen LogP contribution in [-0.4, -0.2) is 28.9 Å². The fraction of sp³-hybridized carbons (Fsp3) is 0.222. The van der Waals surface area contributed by atoms with E-state index >= 15 is 0 Å². The number of nitrogens with one attached hydrogen (secondary N) is 1. The minimum atomic E-state index is -3.50. The van der Waals surface area contributed by atoms with E-state index in [4.69, 9.17) is 0 Å². The van der Waals surface area contributed by atoms with Crippen LogP contribution in [-0.2, 0) is 4.57 Å². The van der Waals surface area contributed by atoms with E-state index in [1.165, 1.54) is 0 Å². The van der Waals surface area contributed by atoms with Crippen molar-refractivity contribution in [2.45, 2.75) is 0 Å². The van der Waals surface area contributed by atoms with Gasteiger partial charge in [-0.25, -0.2) is 0 Å². The van der Waals surface area contributed by atoms with E-state index in [1.807, 2.05) is 0 Å². The molecule has 0 radical (unpaired) electrons. The number of benzene rings is 1. The Hall–Kier alpha value is -1.32. The molecule has 0 heterocycles. The molecule has 0 fully saturated rings. The van der Waals surface area contributed by atoms with Crippen LogP contribution >= 0.6 is 7.37 Å². The summed E-state index contributed by atoms with van der Waals surface area (Å²) in [6.07, 6.45) is 0.736. The predicted octanol–water partition coefficient (Wildman–Crippen LogP) is -1.83. The number of anilines is 1. The SMILES string of the molecule is CP(=O)([O-])CC=NNc1ccc([N+](=O)[O-])cc1[N+](=O)[O-].[Na+]. The summed E-state index contributed by atoms with van der Waals surface area (Å²) in [7, 11) is -3.50. The van der Waals surface area contributed by atoms with Crippen molar-refractivity contribution in [3.63, 3.8) is 0 Å². The standard InChI is InChI=1S/C9H11N4O6P.Na/c1-20(18,19)5-4-10-11-8-3-2-7(12(14)15)6-9(8)13(16)17;/h2-4,6,11H,5H2,1H3,(H,18,19);/q;+1/p-1. The molecule has 21 heavy (non-hydrogen) atoms. The first kappa shape index (κ1) is 19.7. The van der Waals surface area contributed by atoms with Crippen molar-refractivity contribution < 1.29 is 48.9 Å². The van der Waals surface area contributed by atoms with Gasteiger partial charge in [0.2, 0.25) is 0 Å². The van der Waals surface area contributed by atoms with Gasteiger partial charge in [-0.05, 0) is 12.7 Å². The number of nitrogens with zero attached hydrogens (tertiary/aromatic N) is 3. The topological polar surface area (TPSA) is 151 Å². The van der Waals surface area contributed by atoms with Gasteiger partial charge in [0.15, 0.2) is 0 Å². The first-order chi connectivity index (χ1) is 9.20. The Morgan fingerprint density at radius 1 is 1.33 bits per heavy atom. The summed E-state index contributed by atoms with van der Waals surface area (Å²) in [6, 6.07) is 2.98. The molecule has 1 aromatic carbocycles. The minimum Gasteiger partial charge on any atom is -0.799 e. The maximum Gasteiger partial charge on any atom is 1.00 e. The zero-order valence-corrected chi connectivity index (χ0v) is 14.1. The molecule has 0 aromatic heterocycles. The fourth-order valence-corrected chi connectivity index (χ4v) is 1.56. The Bertz CT molecular complexity index is 616. The van der Waals surface area contributed by atoms with Crippen LogP contribution in [0.4, 0.5) is 17.1 Å². The Morgan fingerprint density at radius 2 is 1.95 bits per heavy atom. The van der Waals surface area contributed by atoms with Gasteiger partial charge in [0.05, 0.1) is 15.9 Å². The summed E-state index contributed by atoms with van der Waals surface area (Å²) in [5.74, 6) is 0. The largest absolute Gasteiger partial charge is 1.00 e. The molecule has 0 saturated carbocycles. The van der Waals surface area contributed by atoms with Gasteiger partial charge in [-0.3, -0.25) is 25.7 Å². The molecule has 0 aliphatic rings. The van der Waals surface area contributed by atoms with Crippen LogP contribution in [0.3, 0.4) is 0 Å². The van der Waals surface area contributed by atoms with Gasteiger partial charge < -0.3 is 9.46 Å². The predicted molar refractivity (Wildman–Crippen MR) is 70.3 cm³/mol. The van der Waals surface area contributed by atoms with Crippen molar-refractivity contribution >= 4 is 30.6 Å². The average molecular weight is 324 g/mol. The van der Waals surface area contributed by atoms with Gasteiger partial charge in [0.25, 0.3) is 5.69 Å². The smallest absolute Gasteiger partial charge is 0.799 e. The summed E-state index contributed by atoms with van der Waals surface area (Å²) >= 11 is 0. The van der Waals surface area contributed by atoms with E-state index in [-0.39, 0.29) is 41.4 Å². The number of non-ortho nitro benzene ring substituents is 1. The van der Waals surface area contributed by atoms with Gasteiger partial charge >= 0.3 is 35.2 Å². The number of hydrogen-bond acceptors (Lipinski definition) is 8. The molecule has 12 heteroatoms. The van der Waals surface area contributed by atoms with E-state index in [0.29, 0.717) is 0 Å². The zero-order valence-electron chi connectivity index (χ0n) is 11.3. The summed E-state index contributed by atoms with van der Waals surface area (Å²) in [4.78, 5) is 30.6. The zero-order chi connectivity index (χ0) is 15.3. The Labute approximate surface area is 141 Å². The molecule has 1 aromatic rings. The second-order valence-electron chi connectivity index (χ2n) is 3.84. The van der Waals surface area contributed by atoms with Gasteiger partial charge in [-0.1, -0.05) is 0 Å². The van der Waals surface area contributed by atoms with Gasteiger partial charge in [-0.15, -0.1) is 0 Å². The van der Waals surface area contributed by atoms with E-state index in [9.17, 15) is 29.7 Å². The van der Waals surface area contributed by atoms with Crippen molar-refractivity contribution in [3.05, 3.63) is 38.4 Å². The van der Waals surface area contributed by atoms with E-state index in [0.717, 1.165) is 31.1 Å². The van der Waals surface area contributed by atoms with Crippen molar-refractivity contribution in [1.82, 2.24) is 0 Å². The Kier molecular flexibility index (Phi) is 7.69. The molecular formula is C9H10N4NaO6P. The summed E-state index contributed by atoms with van der Waals surface area (Å²) < 4.78 is 10.9. The molecule has 0 bridgehead atoms. The van der Waals surface area contributed by atoms with E-state index < -0.39 is 28.6 Å². The molecule has 0 amide bonds. The molecule has 1 N–H and O–H groups in total. The van der Waals surface area contributed by atoms with Gasteiger partial charge in [0.1, 0.15) is 5.69 Å². The molecule has 0 aliphatic carbocycles. The molecule has 10 nitrogen and oxygen atoms in total. The van der Waals surface area contributed by atoms with Gasteiger partial charge in [-0.2, -0.15) is 5.10 Å². The quantitative estimate of drug-likeness (QED) is 0.212. The molecule has 1 unspecified atom stereocenters. The Morgan fingerprint density at radius 3 is 2.43 bits per heavy atom. The summed E-state index contributed by atoms with van der Waals surface area (Å²) in [6.45, 7) is 1.04. The Balaban J connectivity index is 0.00000400. The number of nitro groups is 2. The number of rotatable bonds is 6. The van der Waals surface area contributed by atoms with Crippen molar-refractivity contribution in [2.24, 2.45) is 5.10 Å². The van der Waals surface area contributed by atoms with E-state index in [1.54, 1.807) is 0 Å². The second kappa shape index (κ2) is 8.20. The van der Waals surface area contributed by atoms with Crippen LogP contribution in [0.5, 0.6) is 0 Å². The number of hydrogen-bond donors (Lipinski definition) is 1. The third-order valence-corrected chi connectivity index (χ3v) is 2.91. The van der Waals surface area contributed by atoms with Gasteiger partial charge in [0, 0.05) is 25.8 Å². The fourth-order valence-electron chi connectivity index (χ4n) is 1.18. The first-order valence-electron chi connectivity index (χ1n) is 5.18. The maximum atomic E-state index is 10.9. The molecule has 1 rings (SSSR count). The molecule has 108 valence electrons. The number of hydrazone groups is 1.